The zero-order chi connectivity index (χ0) is 45.1. The molecule has 1 aliphatic rings. The first-order valence-electron chi connectivity index (χ1n) is 25.2. The van der Waals surface area contributed by atoms with Crippen LogP contribution in [0.1, 0.15) is 213 Å². The molecule has 0 saturated carbocycles. The van der Waals surface area contributed by atoms with E-state index in [4.69, 9.17) is 18.9 Å². The molecule has 62 heavy (non-hydrogen) atoms. The first kappa shape index (κ1) is 57.7. The second-order valence-corrected chi connectivity index (χ2v) is 17.3. The summed E-state index contributed by atoms with van der Waals surface area (Å²) in [5.74, 6) is -0.866. The summed E-state index contributed by atoms with van der Waals surface area (Å²) in [6.07, 6.45) is 44.1. The molecule has 0 bridgehead atoms. The fourth-order valence-corrected chi connectivity index (χ4v) is 7.48. The molecule has 1 rings (SSSR count). The molecule has 0 radical (unpaired) electrons. The van der Waals surface area contributed by atoms with Gasteiger partial charge in [-0.1, -0.05) is 197 Å². The predicted molar refractivity (Wildman–Crippen MR) is 252 cm³/mol. The van der Waals surface area contributed by atoms with Crippen LogP contribution in [0.4, 0.5) is 0 Å². The zero-order valence-electron chi connectivity index (χ0n) is 39.4. The summed E-state index contributed by atoms with van der Waals surface area (Å²) in [4.78, 5) is 25.4. The number of allylic oxidation sites excluding steroid dienone is 8. The number of esters is 2. The van der Waals surface area contributed by atoms with Gasteiger partial charge in [-0.3, -0.25) is 9.59 Å². The van der Waals surface area contributed by atoms with Gasteiger partial charge in [-0.2, -0.15) is 0 Å². The fourth-order valence-electron chi connectivity index (χ4n) is 7.48. The van der Waals surface area contributed by atoms with E-state index in [2.05, 4.69) is 56.4 Å². The van der Waals surface area contributed by atoms with Gasteiger partial charge in [0.05, 0.1) is 13.2 Å². The van der Waals surface area contributed by atoms with E-state index in [1.807, 2.05) is 6.08 Å². The molecular formula is C52H92O10. The van der Waals surface area contributed by atoms with Crippen molar-refractivity contribution in [3.05, 3.63) is 48.6 Å². The summed E-state index contributed by atoms with van der Waals surface area (Å²) in [5, 5.41) is 40.2. The Morgan fingerprint density at radius 2 is 0.919 bits per heavy atom. The van der Waals surface area contributed by atoms with Gasteiger partial charge in [-0.15, -0.1) is 0 Å². The second-order valence-electron chi connectivity index (χ2n) is 17.3. The maximum Gasteiger partial charge on any atom is 0.306 e. The lowest BCUT2D eigenvalue weighted by Gasteiger charge is -2.39. The number of aliphatic hydroxyl groups is 4. The van der Waals surface area contributed by atoms with Crippen LogP contribution in [0.5, 0.6) is 0 Å². The van der Waals surface area contributed by atoms with Crippen LogP contribution < -0.4 is 0 Å². The number of carbonyl (C=O) groups is 2. The van der Waals surface area contributed by atoms with Crippen molar-refractivity contribution in [3.63, 3.8) is 0 Å². The lowest BCUT2D eigenvalue weighted by atomic mass is 9.99. The molecule has 0 amide bonds. The van der Waals surface area contributed by atoms with Crippen molar-refractivity contribution in [1.82, 2.24) is 0 Å². The van der Waals surface area contributed by atoms with Gasteiger partial charge in [0.15, 0.2) is 12.4 Å². The number of unbranched alkanes of at least 4 members (excludes halogenated alkanes) is 23. The van der Waals surface area contributed by atoms with E-state index in [9.17, 15) is 30.0 Å². The van der Waals surface area contributed by atoms with E-state index in [1.165, 1.54) is 128 Å². The Kier molecular flexibility index (Phi) is 39.6. The van der Waals surface area contributed by atoms with Crippen LogP contribution in [0, 0.1) is 0 Å². The van der Waals surface area contributed by atoms with Gasteiger partial charge < -0.3 is 39.4 Å². The molecule has 0 aromatic heterocycles. The lowest BCUT2D eigenvalue weighted by Crippen LogP contribution is -2.59. The van der Waals surface area contributed by atoms with Gasteiger partial charge in [-0.05, 0) is 51.4 Å². The molecule has 6 atom stereocenters. The van der Waals surface area contributed by atoms with E-state index in [0.717, 1.165) is 44.9 Å². The van der Waals surface area contributed by atoms with Crippen molar-refractivity contribution < 1.29 is 49.0 Å². The average molecular weight is 877 g/mol. The zero-order valence-corrected chi connectivity index (χ0v) is 39.4. The second kappa shape index (κ2) is 42.6. The van der Waals surface area contributed by atoms with Crippen molar-refractivity contribution >= 4 is 11.9 Å². The van der Waals surface area contributed by atoms with Gasteiger partial charge in [0, 0.05) is 12.8 Å². The smallest absolute Gasteiger partial charge is 0.306 e. The Morgan fingerprint density at radius 1 is 0.500 bits per heavy atom. The molecule has 2 unspecified atom stereocenters. The van der Waals surface area contributed by atoms with E-state index >= 15 is 0 Å². The average Bonchev–Trinajstić information content (AvgIpc) is 3.27. The summed E-state index contributed by atoms with van der Waals surface area (Å²) in [6.45, 7) is 3.36. The third-order valence-corrected chi connectivity index (χ3v) is 11.5. The van der Waals surface area contributed by atoms with Crippen LogP contribution in [0.3, 0.4) is 0 Å². The molecule has 1 fully saturated rings. The number of ether oxygens (including phenoxy) is 4. The molecule has 4 N–H and O–H groups in total. The molecule has 0 aliphatic carbocycles. The molecule has 1 heterocycles. The van der Waals surface area contributed by atoms with Gasteiger partial charge in [0.2, 0.25) is 0 Å². The summed E-state index contributed by atoms with van der Waals surface area (Å²) < 4.78 is 22.2. The minimum Gasteiger partial charge on any atom is -0.462 e. The van der Waals surface area contributed by atoms with Crippen LogP contribution in [-0.2, 0) is 28.5 Å². The van der Waals surface area contributed by atoms with Crippen molar-refractivity contribution in [2.75, 3.05) is 19.8 Å². The highest BCUT2D eigenvalue weighted by molar-refractivity contribution is 5.70. The minimum atomic E-state index is -1.61. The van der Waals surface area contributed by atoms with E-state index < -0.39 is 49.4 Å². The summed E-state index contributed by atoms with van der Waals surface area (Å²) >= 11 is 0. The molecule has 10 heteroatoms. The Hall–Kier alpha value is -2.34. The van der Waals surface area contributed by atoms with Crippen LogP contribution in [-0.4, -0.2) is 89.0 Å². The highest BCUT2D eigenvalue weighted by Crippen LogP contribution is 2.23. The van der Waals surface area contributed by atoms with Crippen LogP contribution in [0.15, 0.2) is 48.6 Å². The first-order chi connectivity index (χ1) is 30.3. The third kappa shape index (κ3) is 33.2. The van der Waals surface area contributed by atoms with Gasteiger partial charge in [-0.25, -0.2) is 0 Å². The summed E-state index contributed by atoms with van der Waals surface area (Å²) in [7, 11) is 0. The van der Waals surface area contributed by atoms with Gasteiger partial charge >= 0.3 is 11.9 Å². The number of aliphatic hydroxyl groups excluding tert-OH is 4. The van der Waals surface area contributed by atoms with Crippen molar-refractivity contribution in [2.45, 2.75) is 250 Å². The Bertz CT molecular complexity index is 1150. The molecule has 0 aromatic rings. The first-order valence-corrected chi connectivity index (χ1v) is 25.2. The van der Waals surface area contributed by atoms with Crippen LogP contribution in [0.25, 0.3) is 0 Å². The van der Waals surface area contributed by atoms with Crippen LogP contribution in [0.2, 0.25) is 0 Å². The maximum atomic E-state index is 12.8. The van der Waals surface area contributed by atoms with E-state index in [0.29, 0.717) is 12.8 Å². The molecule has 1 aliphatic heterocycles. The Balaban J connectivity index is 2.30. The monoisotopic (exact) mass is 877 g/mol. The number of hydrogen-bond acceptors (Lipinski definition) is 10. The SMILES string of the molecule is CCCCC/C=C/C/C=C/C/C=C/C/C=C/CCCC(=O)O[C@@H](COC(=O)CCCCCCCCCCCCCCCCCCCCCC)CO[C@H]1O[C@@H](CO)[C@@H](O)C(O)C1O. The Labute approximate surface area is 378 Å². The van der Waals surface area contributed by atoms with Gasteiger partial charge in [0.25, 0.3) is 0 Å². The quantitative estimate of drug-likeness (QED) is 0.0265. The minimum absolute atomic E-state index is 0.155. The highest BCUT2D eigenvalue weighted by Gasteiger charge is 2.44. The van der Waals surface area contributed by atoms with Crippen molar-refractivity contribution in [2.24, 2.45) is 0 Å². The molecule has 1 saturated heterocycles. The fraction of sp³-hybridized carbons (Fsp3) is 0.808. The number of hydrogen-bond donors (Lipinski definition) is 4. The maximum absolute atomic E-state index is 12.8. The highest BCUT2D eigenvalue weighted by atomic mass is 16.7. The molecule has 0 spiro atoms. The lowest BCUT2D eigenvalue weighted by molar-refractivity contribution is -0.305. The molecule has 0 aromatic carbocycles. The molecule has 360 valence electrons. The topological polar surface area (TPSA) is 152 Å². The number of rotatable bonds is 42. The normalized spacial score (nSPS) is 20.0. The summed E-state index contributed by atoms with van der Waals surface area (Å²) in [6, 6.07) is 0. The van der Waals surface area contributed by atoms with Crippen molar-refractivity contribution in [3.8, 4) is 0 Å². The molecule has 10 nitrogen and oxygen atoms in total. The third-order valence-electron chi connectivity index (χ3n) is 11.5. The standard InChI is InChI=1S/C52H92O10/c1-3-5-7-9-11-13-15-17-19-21-22-23-25-26-28-30-32-34-36-38-40-47(54)59-43-45(44-60-52-51(58)50(57)49(56)46(42-53)62-52)61-48(55)41-39-37-35-33-31-29-27-24-20-18-16-14-12-10-8-6-4-2/h12,14,18,20,27,29,33,35,45-46,49-53,56-58H,3-11,13,15-17,19,21-26,28,30-32,34,36-44H2,1-2H3/b14-12+,20-18+,29-27+,35-33+/t45-,46-,49+,50?,51?,52-/m0/s1. The van der Waals surface area contributed by atoms with Gasteiger partial charge in [0.1, 0.15) is 31.0 Å². The number of carbonyl (C=O) groups excluding carboxylic acids is 2. The van der Waals surface area contributed by atoms with E-state index in [-0.39, 0.29) is 32.0 Å². The van der Waals surface area contributed by atoms with E-state index in [1.54, 1.807) is 0 Å². The predicted octanol–water partition coefficient (Wildman–Crippen LogP) is 11.6. The molecular weight excluding hydrogens is 785 g/mol. The summed E-state index contributed by atoms with van der Waals surface area (Å²) in [5.41, 5.74) is 0. The largest absolute Gasteiger partial charge is 0.462 e. The van der Waals surface area contributed by atoms with Crippen molar-refractivity contribution in [1.29, 1.82) is 0 Å². The Morgan fingerprint density at radius 3 is 1.40 bits per heavy atom. The van der Waals surface area contributed by atoms with Crippen LogP contribution >= 0.6 is 0 Å².